The summed E-state index contributed by atoms with van der Waals surface area (Å²) >= 11 is 2.21. The summed E-state index contributed by atoms with van der Waals surface area (Å²) < 4.78 is 13.7. The van der Waals surface area contributed by atoms with Crippen molar-refractivity contribution in [2.24, 2.45) is 0 Å². The van der Waals surface area contributed by atoms with Gasteiger partial charge in [0.15, 0.2) is 0 Å². The van der Waals surface area contributed by atoms with Gasteiger partial charge in [-0.1, -0.05) is 0 Å². The van der Waals surface area contributed by atoms with Gasteiger partial charge in [0.2, 0.25) is 0 Å². The van der Waals surface area contributed by atoms with E-state index in [1.54, 1.807) is 6.07 Å². The number of carboxylic acid groups (broad SMARTS) is 1. The fraction of sp³-hybridized carbons (Fsp3) is 0.308. The standard InChI is InChI=1S/C8H5FIN.C5H10N2O2/c9-5-1-2-6-7(10)4-11-8(6)3-5;8-5(9)7-3-1-6-2-4-7/h1-4,11H;6H,1-4H2,(H,8,9). The molecule has 0 saturated carbocycles. The summed E-state index contributed by atoms with van der Waals surface area (Å²) in [6.07, 6.45) is 1.06. The molecule has 1 aliphatic rings. The highest BCUT2D eigenvalue weighted by atomic mass is 127. The summed E-state index contributed by atoms with van der Waals surface area (Å²) in [6, 6.07) is 4.75. The van der Waals surface area contributed by atoms with Crippen molar-refractivity contribution in [1.29, 1.82) is 0 Å². The molecule has 108 valence electrons. The maximum Gasteiger partial charge on any atom is 0.407 e. The molecule has 0 radical (unpaired) electrons. The van der Waals surface area contributed by atoms with Crippen LogP contribution in [0.3, 0.4) is 0 Å². The van der Waals surface area contributed by atoms with E-state index < -0.39 is 6.09 Å². The molecule has 1 fully saturated rings. The molecule has 0 atom stereocenters. The van der Waals surface area contributed by atoms with E-state index in [0.717, 1.165) is 27.6 Å². The van der Waals surface area contributed by atoms with Crippen molar-refractivity contribution in [3.05, 3.63) is 33.8 Å². The molecule has 5 nitrogen and oxygen atoms in total. The van der Waals surface area contributed by atoms with Crippen LogP contribution in [0.25, 0.3) is 10.9 Å². The molecular formula is C13H15FIN3O2. The van der Waals surface area contributed by atoms with E-state index in [-0.39, 0.29) is 5.82 Å². The second-order valence-electron chi connectivity index (χ2n) is 4.35. The van der Waals surface area contributed by atoms with E-state index in [1.165, 1.54) is 17.0 Å². The number of piperazine rings is 1. The molecule has 20 heavy (non-hydrogen) atoms. The Bertz CT molecular complexity index is 596. The number of amides is 1. The Kier molecular flexibility index (Phi) is 5.18. The molecule has 2 aromatic rings. The quantitative estimate of drug-likeness (QED) is 0.605. The van der Waals surface area contributed by atoms with Crippen molar-refractivity contribution in [3.8, 4) is 0 Å². The SMILES string of the molecule is Fc1ccc2c(I)c[nH]c2c1.O=C(O)N1CCNCC1. The Labute approximate surface area is 129 Å². The maximum absolute atomic E-state index is 12.6. The summed E-state index contributed by atoms with van der Waals surface area (Å²) in [5, 5.41) is 12.6. The number of aromatic amines is 1. The third-order valence-electron chi connectivity index (χ3n) is 2.98. The highest BCUT2D eigenvalue weighted by Crippen LogP contribution is 2.20. The van der Waals surface area contributed by atoms with Crippen LogP contribution in [0.1, 0.15) is 0 Å². The number of rotatable bonds is 0. The van der Waals surface area contributed by atoms with E-state index in [2.05, 4.69) is 32.9 Å². The molecule has 1 saturated heterocycles. The van der Waals surface area contributed by atoms with E-state index in [4.69, 9.17) is 5.11 Å². The average Bonchev–Trinajstić information content (AvgIpc) is 2.81. The first-order valence-electron chi connectivity index (χ1n) is 6.18. The molecule has 3 N–H and O–H groups in total. The van der Waals surface area contributed by atoms with Crippen LogP contribution in [-0.2, 0) is 0 Å². The monoisotopic (exact) mass is 391 g/mol. The first-order chi connectivity index (χ1) is 9.58. The number of hydrogen-bond acceptors (Lipinski definition) is 2. The minimum absolute atomic E-state index is 0.198. The van der Waals surface area contributed by atoms with Crippen LogP contribution in [0.4, 0.5) is 9.18 Å². The van der Waals surface area contributed by atoms with Gasteiger partial charge in [-0.3, -0.25) is 0 Å². The van der Waals surface area contributed by atoms with Crippen LogP contribution >= 0.6 is 22.6 Å². The predicted molar refractivity (Wildman–Crippen MR) is 83.4 cm³/mol. The molecule has 0 unspecified atom stereocenters. The highest BCUT2D eigenvalue weighted by molar-refractivity contribution is 14.1. The topological polar surface area (TPSA) is 68.4 Å². The molecule has 1 aromatic carbocycles. The Morgan fingerprint density at radius 1 is 1.35 bits per heavy atom. The zero-order chi connectivity index (χ0) is 14.5. The Morgan fingerprint density at radius 2 is 2.05 bits per heavy atom. The van der Waals surface area contributed by atoms with Crippen LogP contribution in [0.15, 0.2) is 24.4 Å². The number of hydrogen-bond donors (Lipinski definition) is 3. The van der Waals surface area contributed by atoms with Crippen LogP contribution in [0.5, 0.6) is 0 Å². The summed E-state index contributed by atoms with van der Waals surface area (Å²) in [7, 11) is 0. The maximum atomic E-state index is 12.6. The van der Waals surface area contributed by atoms with Gasteiger partial charge in [0.1, 0.15) is 5.82 Å². The Morgan fingerprint density at radius 3 is 2.65 bits per heavy atom. The lowest BCUT2D eigenvalue weighted by Gasteiger charge is -2.23. The Hall–Kier alpha value is -1.35. The second kappa shape index (κ2) is 6.89. The fourth-order valence-corrected chi connectivity index (χ4v) is 2.55. The highest BCUT2D eigenvalue weighted by Gasteiger charge is 2.13. The molecule has 0 spiro atoms. The molecule has 1 aliphatic heterocycles. The lowest BCUT2D eigenvalue weighted by atomic mass is 10.2. The lowest BCUT2D eigenvalue weighted by molar-refractivity contribution is 0.139. The van der Waals surface area contributed by atoms with Gasteiger partial charge in [-0.2, -0.15) is 0 Å². The molecule has 2 heterocycles. The van der Waals surface area contributed by atoms with Crippen molar-refractivity contribution >= 4 is 39.6 Å². The van der Waals surface area contributed by atoms with Gasteiger partial charge in [-0.05, 0) is 40.8 Å². The number of carbonyl (C=O) groups is 1. The molecule has 7 heteroatoms. The van der Waals surface area contributed by atoms with Crippen LogP contribution < -0.4 is 5.32 Å². The summed E-state index contributed by atoms with van der Waals surface area (Å²) in [6.45, 7) is 2.81. The molecular weight excluding hydrogens is 376 g/mol. The first kappa shape index (κ1) is 15.0. The second-order valence-corrected chi connectivity index (χ2v) is 5.51. The van der Waals surface area contributed by atoms with Crippen molar-refractivity contribution in [2.45, 2.75) is 0 Å². The van der Waals surface area contributed by atoms with Crippen molar-refractivity contribution in [3.63, 3.8) is 0 Å². The first-order valence-corrected chi connectivity index (χ1v) is 7.26. The lowest BCUT2D eigenvalue weighted by Crippen LogP contribution is -2.45. The minimum atomic E-state index is -0.809. The average molecular weight is 391 g/mol. The number of fused-ring (bicyclic) bond motifs is 1. The van der Waals surface area contributed by atoms with Crippen molar-refractivity contribution in [1.82, 2.24) is 15.2 Å². The number of nitrogens with zero attached hydrogens (tertiary/aromatic N) is 1. The fourth-order valence-electron chi connectivity index (χ4n) is 1.92. The number of H-pyrrole nitrogens is 1. The van der Waals surface area contributed by atoms with Gasteiger partial charge in [0.05, 0.1) is 0 Å². The smallest absolute Gasteiger partial charge is 0.407 e. The van der Waals surface area contributed by atoms with Gasteiger partial charge < -0.3 is 20.3 Å². The third-order valence-corrected chi connectivity index (χ3v) is 3.87. The van der Waals surface area contributed by atoms with Crippen molar-refractivity contribution < 1.29 is 14.3 Å². The number of halogens is 2. The van der Waals surface area contributed by atoms with Crippen molar-refractivity contribution in [2.75, 3.05) is 26.2 Å². The van der Waals surface area contributed by atoms with Gasteiger partial charge in [0.25, 0.3) is 0 Å². The minimum Gasteiger partial charge on any atom is -0.465 e. The molecule has 0 bridgehead atoms. The normalized spacial score (nSPS) is 14.8. The number of nitrogens with one attached hydrogen (secondary N) is 2. The zero-order valence-electron chi connectivity index (χ0n) is 10.7. The summed E-state index contributed by atoms with van der Waals surface area (Å²) in [5.41, 5.74) is 0.856. The van der Waals surface area contributed by atoms with Gasteiger partial charge in [-0.15, -0.1) is 0 Å². The molecule has 1 aromatic heterocycles. The van der Waals surface area contributed by atoms with Gasteiger partial charge >= 0.3 is 6.09 Å². The zero-order valence-corrected chi connectivity index (χ0v) is 12.9. The Balaban J connectivity index is 0.000000151. The number of aromatic nitrogens is 1. The largest absolute Gasteiger partial charge is 0.465 e. The van der Waals surface area contributed by atoms with E-state index in [9.17, 15) is 9.18 Å². The predicted octanol–water partition coefficient (Wildman–Crippen LogP) is 2.48. The summed E-state index contributed by atoms with van der Waals surface area (Å²) in [4.78, 5) is 14.6. The third kappa shape index (κ3) is 3.83. The van der Waals surface area contributed by atoms with Gasteiger partial charge in [-0.25, -0.2) is 9.18 Å². The van der Waals surface area contributed by atoms with E-state index >= 15 is 0 Å². The van der Waals surface area contributed by atoms with E-state index in [1.807, 2.05) is 6.20 Å². The van der Waals surface area contributed by atoms with Crippen LogP contribution in [-0.4, -0.2) is 47.3 Å². The van der Waals surface area contributed by atoms with Crippen LogP contribution in [0.2, 0.25) is 0 Å². The van der Waals surface area contributed by atoms with E-state index in [0.29, 0.717) is 13.1 Å². The van der Waals surface area contributed by atoms with Crippen LogP contribution in [0, 0.1) is 9.39 Å². The molecule has 1 amide bonds. The van der Waals surface area contributed by atoms with Gasteiger partial charge in [0, 0.05) is 46.8 Å². The molecule has 3 rings (SSSR count). The molecule has 0 aliphatic carbocycles. The summed E-state index contributed by atoms with van der Waals surface area (Å²) in [5.74, 6) is -0.198. The number of benzene rings is 1.